The van der Waals surface area contributed by atoms with E-state index in [4.69, 9.17) is 4.74 Å². The molecule has 0 bridgehead atoms. The molecule has 0 saturated carbocycles. The van der Waals surface area contributed by atoms with Gasteiger partial charge in [-0.15, -0.1) is 0 Å². The number of hydrogen-bond acceptors (Lipinski definition) is 3. The first-order valence-electron chi connectivity index (χ1n) is 7.99. The van der Waals surface area contributed by atoms with Crippen molar-refractivity contribution in [2.75, 3.05) is 20.2 Å². The fourth-order valence-electron chi connectivity index (χ4n) is 3.24. The van der Waals surface area contributed by atoms with Crippen LogP contribution in [0.2, 0.25) is 0 Å². The molecule has 1 aliphatic heterocycles. The SMILES string of the molecule is COc1ccccc1CN[C@@H]1CCNC[C@@H]1c1ccccc1. The first kappa shape index (κ1) is 15.1. The summed E-state index contributed by atoms with van der Waals surface area (Å²) in [6.07, 6.45) is 1.15. The standard InChI is InChI=1S/C19H24N2O/c1-22-19-10-6-5-9-16(19)13-21-18-11-12-20-14-17(18)15-7-3-2-4-8-15/h2-10,17-18,20-21H,11-14H2,1H3/t17-,18-/m1/s1. The number of rotatable bonds is 5. The molecule has 1 heterocycles. The van der Waals surface area contributed by atoms with Crippen molar-refractivity contribution in [3.63, 3.8) is 0 Å². The molecule has 3 nitrogen and oxygen atoms in total. The topological polar surface area (TPSA) is 33.3 Å². The van der Waals surface area contributed by atoms with Crippen LogP contribution in [0.15, 0.2) is 54.6 Å². The van der Waals surface area contributed by atoms with Gasteiger partial charge in [0, 0.05) is 30.6 Å². The molecule has 2 atom stereocenters. The van der Waals surface area contributed by atoms with Crippen molar-refractivity contribution in [1.82, 2.24) is 10.6 Å². The molecule has 116 valence electrons. The fourth-order valence-corrected chi connectivity index (χ4v) is 3.24. The van der Waals surface area contributed by atoms with Crippen LogP contribution < -0.4 is 15.4 Å². The Bertz CT molecular complexity index is 585. The molecule has 0 aliphatic carbocycles. The largest absolute Gasteiger partial charge is 0.496 e. The number of hydrogen-bond donors (Lipinski definition) is 2. The average Bonchev–Trinajstić information content (AvgIpc) is 2.61. The molecular formula is C19H24N2O. The first-order valence-corrected chi connectivity index (χ1v) is 7.99. The summed E-state index contributed by atoms with van der Waals surface area (Å²) in [6.45, 7) is 2.96. The van der Waals surface area contributed by atoms with Crippen LogP contribution >= 0.6 is 0 Å². The van der Waals surface area contributed by atoms with Gasteiger partial charge in [0.05, 0.1) is 7.11 Å². The predicted octanol–water partition coefficient (Wildman–Crippen LogP) is 2.93. The van der Waals surface area contributed by atoms with Gasteiger partial charge in [-0.2, -0.15) is 0 Å². The van der Waals surface area contributed by atoms with Crippen LogP contribution in [0, 0.1) is 0 Å². The Morgan fingerprint density at radius 3 is 2.68 bits per heavy atom. The van der Waals surface area contributed by atoms with E-state index in [2.05, 4.69) is 53.1 Å². The van der Waals surface area contributed by atoms with E-state index in [0.29, 0.717) is 12.0 Å². The van der Waals surface area contributed by atoms with Gasteiger partial charge in [0.1, 0.15) is 5.75 Å². The Hall–Kier alpha value is -1.84. The molecule has 0 amide bonds. The normalized spacial score (nSPS) is 21.5. The fraction of sp³-hybridized carbons (Fsp3) is 0.368. The van der Waals surface area contributed by atoms with Crippen LogP contribution in [0.1, 0.15) is 23.5 Å². The minimum Gasteiger partial charge on any atom is -0.496 e. The van der Waals surface area contributed by atoms with Crippen LogP contribution in [0.3, 0.4) is 0 Å². The Labute approximate surface area is 132 Å². The molecule has 1 fully saturated rings. The highest BCUT2D eigenvalue weighted by atomic mass is 16.5. The van der Waals surface area contributed by atoms with E-state index < -0.39 is 0 Å². The zero-order valence-electron chi connectivity index (χ0n) is 13.1. The Morgan fingerprint density at radius 1 is 1.09 bits per heavy atom. The summed E-state index contributed by atoms with van der Waals surface area (Å²) in [4.78, 5) is 0. The van der Waals surface area contributed by atoms with Gasteiger partial charge in [-0.1, -0.05) is 48.5 Å². The number of nitrogens with one attached hydrogen (secondary N) is 2. The van der Waals surface area contributed by atoms with E-state index in [1.165, 1.54) is 11.1 Å². The van der Waals surface area contributed by atoms with E-state index in [1.54, 1.807) is 7.11 Å². The Balaban J connectivity index is 1.69. The van der Waals surface area contributed by atoms with Crippen LogP contribution in [0.4, 0.5) is 0 Å². The molecule has 0 radical (unpaired) electrons. The lowest BCUT2D eigenvalue weighted by atomic mass is 9.87. The minimum absolute atomic E-state index is 0.494. The number of para-hydroxylation sites is 1. The monoisotopic (exact) mass is 296 g/mol. The number of methoxy groups -OCH3 is 1. The summed E-state index contributed by atoms with van der Waals surface area (Å²) in [6, 6.07) is 19.5. The Kier molecular flexibility index (Phi) is 5.09. The van der Waals surface area contributed by atoms with Crippen LogP contribution in [0.25, 0.3) is 0 Å². The number of benzene rings is 2. The summed E-state index contributed by atoms with van der Waals surface area (Å²) in [7, 11) is 1.73. The third-order valence-electron chi connectivity index (χ3n) is 4.46. The zero-order chi connectivity index (χ0) is 15.2. The molecule has 3 heteroatoms. The lowest BCUT2D eigenvalue weighted by Crippen LogP contribution is -2.45. The number of piperidine rings is 1. The predicted molar refractivity (Wildman–Crippen MR) is 90.3 cm³/mol. The van der Waals surface area contributed by atoms with Gasteiger partial charge in [-0.05, 0) is 24.6 Å². The van der Waals surface area contributed by atoms with E-state index >= 15 is 0 Å². The molecule has 0 unspecified atom stereocenters. The second kappa shape index (κ2) is 7.43. The second-order valence-corrected chi connectivity index (χ2v) is 5.81. The summed E-state index contributed by atoms with van der Waals surface area (Å²) >= 11 is 0. The summed E-state index contributed by atoms with van der Waals surface area (Å²) in [5.74, 6) is 1.48. The third-order valence-corrected chi connectivity index (χ3v) is 4.46. The maximum absolute atomic E-state index is 5.44. The van der Waals surface area contributed by atoms with Gasteiger partial charge in [-0.25, -0.2) is 0 Å². The number of ether oxygens (including phenoxy) is 1. The van der Waals surface area contributed by atoms with Crippen molar-refractivity contribution < 1.29 is 4.74 Å². The molecule has 2 aromatic rings. The zero-order valence-corrected chi connectivity index (χ0v) is 13.1. The lowest BCUT2D eigenvalue weighted by molar-refractivity contribution is 0.337. The van der Waals surface area contributed by atoms with Crippen molar-refractivity contribution in [1.29, 1.82) is 0 Å². The van der Waals surface area contributed by atoms with Crippen LogP contribution in [-0.2, 0) is 6.54 Å². The van der Waals surface area contributed by atoms with Crippen molar-refractivity contribution in [3.8, 4) is 5.75 Å². The van der Waals surface area contributed by atoms with Crippen LogP contribution in [-0.4, -0.2) is 26.2 Å². The van der Waals surface area contributed by atoms with E-state index in [-0.39, 0.29) is 0 Å². The highest BCUT2D eigenvalue weighted by molar-refractivity contribution is 5.33. The molecule has 1 saturated heterocycles. The van der Waals surface area contributed by atoms with E-state index in [1.807, 2.05) is 12.1 Å². The molecule has 0 spiro atoms. The molecule has 22 heavy (non-hydrogen) atoms. The molecule has 1 aliphatic rings. The molecular weight excluding hydrogens is 272 g/mol. The molecule has 3 rings (SSSR count). The highest BCUT2D eigenvalue weighted by Crippen LogP contribution is 2.25. The quantitative estimate of drug-likeness (QED) is 0.890. The van der Waals surface area contributed by atoms with Gasteiger partial charge >= 0.3 is 0 Å². The molecule has 2 aromatic carbocycles. The smallest absolute Gasteiger partial charge is 0.123 e. The summed E-state index contributed by atoms with van der Waals surface area (Å²) < 4.78 is 5.44. The van der Waals surface area contributed by atoms with Crippen molar-refractivity contribution >= 4 is 0 Å². The maximum atomic E-state index is 5.44. The van der Waals surface area contributed by atoms with Crippen LogP contribution in [0.5, 0.6) is 5.75 Å². The minimum atomic E-state index is 0.494. The highest BCUT2D eigenvalue weighted by Gasteiger charge is 2.25. The summed E-state index contributed by atoms with van der Waals surface area (Å²) in [5.41, 5.74) is 2.63. The van der Waals surface area contributed by atoms with Crippen molar-refractivity contribution in [2.24, 2.45) is 0 Å². The van der Waals surface area contributed by atoms with Crippen molar-refractivity contribution in [2.45, 2.75) is 24.9 Å². The average molecular weight is 296 g/mol. The Morgan fingerprint density at radius 2 is 1.86 bits per heavy atom. The summed E-state index contributed by atoms with van der Waals surface area (Å²) in [5, 5.41) is 7.26. The molecule has 2 N–H and O–H groups in total. The van der Waals surface area contributed by atoms with Gasteiger partial charge in [-0.3, -0.25) is 0 Å². The van der Waals surface area contributed by atoms with Crippen molar-refractivity contribution in [3.05, 3.63) is 65.7 Å². The van der Waals surface area contributed by atoms with Gasteiger partial charge in [0.25, 0.3) is 0 Å². The third kappa shape index (κ3) is 3.49. The first-order chi connectivity index (χ1) is 10.9. The van der Waals surface area contributed by atoms with Gasteiger partial charge < -0.3 is 15.4 Å². The van der Waals surface area contributed by atoms with E-state index in [9.17, 15) is 0 Å². The second-order valence-electron chi connectivity index (χ2n) is 5.81. The molecule has 0 aromatic heterocycles. The van der Waals surface area contributed by atoms with E-state index in [0.717, 1.165) is 31.8 Å². The maximum Gasteiger partial charge on any atom is 0.123 e. The lowest BCUT2D eigenvalue weighted by Gasteiger charge is -2.33. The van der Waals surface area contributed by atoms with Gasteiger partial charge in [0.2, 0.25) is 0 Å². The van der Waals surface area contributed by atoms with Gasteiger partial charge in [0.15, 0.2) is 0 Å².